The van der Waals surface area contributed by atoms with Crippen LogP contribution in [0.25, 0.3) is 0 Å². The van der Waals surface area contributed by atoms with Crippen molar-refractivity contribution in [2.24, 2.45) is 0 Å². The molecule has 1 amide bonds. The van der Waals surface area contributed by atoms with Crippen molar-refractivity contribution in [1.29, 1.82) is 0 Å². The molecule has 2 atom stereocenters. The van der Waals surface area contributed by atoms with E-state index in [0.29, 0.717) is 13.2 Å². The zero-order chi connectivity index (χ0) is 13.8. The Morgan fingerprint density at radius 2 is 2.21 bits per heavy atom. The van der Waals surface area contributed by atoms with Crippen LogP contribution in [0.2, 0.25) is 0 Å². The number of benzene rings is 1. The predicted molar refractivity (Wildman–Crippen MR) is 71.9 cm³/mol. The zero-order valence-electron chi connectivity index (χ0n) is 11.1. The third-order valence-electron chi connectivity index (χ3n) is 3.15. The molecule has 1 heterocycles. The highest BCUT2D eigenvalue weighted by Crippen LogP contribution is 2.30. The molecular weight excluding hydrogens is 244 g/mol. The van der Waals surface area contributed by atoms with Crippen LogP contribution in [-0.4, -0.2) is 31.1 Å². The van der Waals surface area contributed by atoms with Crippen LogP contribution in [0.5, 0.6) is 0 Å². The molecule has 2 N–H and O–H groups in total. The lowest BCUT2D eigenvalue weighted by atomic mass is 10.0. The maximum absolute atomic E-state index is 12.2. The molecular formula is C14H18N2O3. The molecule has 0 bridgehead atoms. The van der Waals surface area contributed by atoms with E-state index >= 15 is 0 Å². The Kier molecular flexibility index (Phi) is 4.04. The summed E-state index contributed by atoms with van der Waals surface area (Å²) in [6, 6.07) is 7.07. The van der Waals surface area contributed by atoms with Crippen molar-refractivity contribution in [1.82, 2.24) is 5.32 Å². The fourth-order valence-corrected chi connectivity index (χ4v) is 2.16. The molecule has 0 radical (unpaired) electrons. The predicted octanol–water partition coefficient (Wildman–Crippen LogP) is 1.26. The van der Waals surface area contributed by atoms with Gasteiger partial charge in [0.1, 0.15) is 6.04 Å². The van der Waals surface area contributed by atoms with Crippen LogP contribution >= 0.6 is 0 Å². The van der Waals surface area contributed by atoms with Gasteiger partial charge >= 0.3 is 5.97 Å². The number of rotatable bonds is 4. The van der Waals surface area contributed by atoms with E-state index < -0.39 is 12.0 Å². The van der Waals surface area contributed by atoms with Crippen molar-refractivity contribution in [3.63, 3.8) is 0 Å². The number of hydrogen-bond donors (Lipinski definition) is 2. The van der Waals surface area contributed by atoms with E-state index in [1.165, 1.54) is 0 Å². The quantitative estimate of drug-likeness (QED) is 0.802. The molecule has 1 aromatic rings. The molecule has 0 aliphatic carbocycles. The molecule has 0 saturated carbocycles. The monoisotopic (exact) mass is 262 g/mol. The van der Waals surface area contributed by atoms with Crippen molar-refractivity contribution in [3.05, 3.63) is 29.8 Å². The number of nitrogens with one attached hydrogen (secondary N) is 2. The minimum absolute atomic E-state index is 0.155. The molecule has 102 valence electrons. The summed E-state index contributed by atoms with van der Waals surface area (Å²) in [4.78, 5) is 23.7. The standard InChI is InChI=1S/C14H18N2O3/c1-3-19-14(18)9(2)16-13(17)11-8-15-12-7-5-4-6-10(11)12/h4-7,9,11,15H,3,8H2,1-2H3,(H,16,17). The summed E-state index contributed by atoms with van der Waals surface area (Å²) in [5.74, 6) is -0.818. The van der Waals surface area contributed by atoms with E-state index in [9.17, 15) is 9.59 Å². The molecule has 0 fully saturated rings. The number of esters is 1. The van der Waals surface area contributed by atoms with Crippen molar-refractivity contribution in [3.8, 4) is 0 Å². The maximum Gasteiger partial charge on any atom is 0.328 e. The van der Waals surface area contributed by atoms with Gasteiger partial charge in [-0.15, -0.1) is 0 Å². The van der Waals surface area contributed by atoms with Crippen LogP contribution in [0.3, 0.4) is 0 Å². The van der Waals surface area contributed by atoms with E-state index in [-0.39, 0.29) is 11.8 Å². The highest BCUT2D eigenvalue weighted by Gasteiger charge is 2.30. The molecule has 19 heavy (non-hydrogen) atoms. The van der Waals surface area contributed by atoms with Crippen molar-refractivity contribution >= 4 is 17.6 Å². The first kappa shape index (κ1) is 13.4. The van der Waals surface area contributed by atoms with E-state index in [4.69, 9.17) is 4.74 Å². The van der Waals surface area contributed by atoms with Crippen LogP contribution in [0.1, 0.15) is 25.3 Å². The number of hydrogen-bond acceptors (Lipinski definition) is 4. The van der Waals surface area contributed by atoms with Gasteiger partial charge in [-0.1, -0.05) is 18.2 Å². The second kappa shape index (κ2) is 5.73. The lowest BCUT2D eigenvalue weighted by Gasteiger charge is -2.16. The third-order valence-corrected chi connectivity index (χ3v) is 3.15. The second-order valence-electron chi connectivity index (χ2n) is 4.50. The number of carbonyl (C=O) groups excluding carboxylic acids is 2. The molecule has 1 aliphatic heterocycles. The second-order valence-corrected chi connectivity index (χ2v) is 4.50. The topological polar surface area (TPSA) is 67.4 Å². The smallest absolute Gasteiger partial charge is 0.328 e. The van der Waals surface area contributed by atoms with Crippen LogP contribution in [0.4, 0.5) is 5.69 Å². The molecule has 0 saturated heterocycles. The lowest BCUT2D eigenvalue weighted by Crippen LogP contribution is -2.42. The zero-order valence-corrected chi connectivity index (χ0v) is 11.1. The fourth-order valence-electron chi connectivity index (χ4n) is 2.16. The van der Waals surface area contributed by atoms with Gasteiger partial charge in [0.05, 0.1) is 12.5 Å². The molecule has 5 heteroatoms. The summed E-state index contributed by atoms with van der Waals surface area (Å²) >= 11 is 0. The average molecular weight is 262 g/mol. The SMILES string of the molecule is CCOC(=O)C(C)NC(=O)C1CNc2ccccc21. The molecule has 1 aliphatic rings. The van der Waals surface area contributed by atoms with Crippen LogP contribution in [0.15, 0.2) is 24.3 Å². The van der Waals surface area contributed by atoms with Crippen molar-refractivity contribution in [2.75, 3.05) is 18.5 Å². The summed E-state index contributed by atoms with van der Waals surface area (Å²) in [6.45, 7) is 4.24. The highest BCUT2D eigenvalue weighted by atomic mass is 16.5. The summed E-state index contributed by atoms with van der Waals surface area (Å²) in [7, 11) is 0. The van der Waals surface area contributed by atoms with Gasteiger partial charge in [-0.2, -0.15) is 0 Å². The van der Waals surface area contributed by atoms with Gasteiger partial charge < -0.3 is 15.4 Å². The minimum Gasteiger partial charge on any atom is -0.464 e. The molecule has 0 aromatic heterocycles. The van der Waals surface area contributed by atoms with E-state index in [1.54, 1.807) is 13.8 Å². The Bertz CT molecular complexity index is 487. The van der Waals surface area contributed by atoms with Gasteiger partial charge in [0.25, 0.3) is 0 Å². The number of para-hydroxylation sites is 1. The normalized spacial score (nSPS) is 18.1. The number of ether oxygens (including phenoxy) is 1. The molecule has 2 unspecified atom stereocenters. The lowest BCUT2D eigenvalue weighted by molar-refractivity contribution is -0.147. The van der Waals surface area contributed by atoms with Crippen LogP contribution < -0.4 is 10.6 Å². The van der Waals surface area contributed by atoms with Crippen molar-refractivity contribution in [2.45, 2.75) is 25.8 Å². The van der Waals surface area contributed by atoms with Crippen LogP contribution in [-0.2, 0) is 14.3 Å². The van der Waals surface area contributed by atoms with Gasteiger partial charge in [0, 0.05) is 12.2 Å². The Labute approximate surface area is 112 Å². The maximum atomic E-state index is 12.2. The number of carbonyl (C=O) groups is 2. The van der Waals surface area contributed by atoms with Gasteiger partial charge in [-0.25, -0.2) is 4.79 Å². The van der Waals surface area contributed by atoms with Crippen molar-refractivity contribution < 1.29 is 14.3 Å². The van der Waals surface area contributed by atoms with Gasteiger partial charge in [-0.3, -0.25) is 4.79 Å². The summed E-state index contributed by atoms with van der Waals surface area (Å²) in [5.41, 5.74) is 1.95. The number of anilines is 1. The summed E-state index contributed by atoms with van der Waals surface area (Å²) < 4.78 is 4.87. The van der Waals surface area contributed by atoms with Gasteiger partial charge in [0.15, 0.2) is 0 Å². The first-order chi connectivity index (χ1) is 9.13. The number of fused-ring (bicyclic) bond motifs is 1. The Morgan fingerprint density at radius 3 is 2.95 bits per heavy atom. The molecule has 1 aromatic carbocycles. The minimum atomic E-state index is -0.625. The Morgan fingerprint density at radius 1 is 1.47 bits per heavy atom. The summed E-state index contributed by atoms with van der Waals surface area (Å²) in [5, 5.41) is 5.88. The summed E-state index contributed by atoms with van der Waals surface area (Å²) in [6.07, 6.45) is 0. The average Bonchev–Trinajstić information content (AvgIpc) is 2.82. The Balaban J connectivity index is 2.00. The molecule has 5 nitrogen and oxygen atoms in total. The van der Waals surface area contributed by atoms with E-state index in [2.05, 4.69) is 10.6 Å². The fraction of sp³-hybridized carbons (Fsp3) is 0.429. The molecule has 2 rings (SSSR count). The van der Waals surface area contributed by atoms with Gasteiger partial charge in [0.2, 0.25) is 5.91 Å². The Hall–Kier alpha value is -2.04. The first-order valence-corrected chi connectivity index (χ1v) is 6.43. The van der Waals surface area contributed by atoms with Crippen LogP contribution in [0, 0.1) is 0 Å². The number of amides is 1. The molecule has 0 spiro atoms. The first-order valence-electron chi connectivity index (χ1n) is 6.43. The largest absolute Gasteiger partial charge is 0.464 e. The third kappa shape index (κ3) is 2.86. The van der Waals surface area contributed by atoms with E-state index in [1.807, 2.05) is 24.3 Å². The van der Waals surface area contributed by atoms with Gasteiger partial charge in [-0.05, 0) is 25.5 Å². The van der Waals surface area contributed by atoms with E-state index in [0.717, 1.165) is 11.3 Å². The highest BCUT2D eigenvalue weighted by molar-refractivity contribution is 5.91.